The van der Waals surface area contributed by atoms with E-state index in [1.165, 1.54) is 43.1 Å². The van der Waals surface area contributed by atoms with Crippen LogP contribution in [-0.4, -0.2) is 24.1 Å². The van der Waals surface area contributed by atoms with Crippen molar-refractivity contribution in [2.45, 2.75) is 9.79 Å². The molecule has 0 unspecified atom stereocenters. The molecule has 3 nitrogen and oxygen atoms in total. The van der Waals surface area contributed by atoms with Gasteiger partial charge in [0.05, 0.1) is 4.90 Å². The fraction of sp³-hybridized carbons (Fsp3) is 0.0714. The van der Waals surface area contributed by atoms with E-state index in [1.807, 2.05) is 30.3 Å². The molecular weight excluding hydrogens is 346 g/mol. The molecule has 2 aromatic carbocycles. The maximum Gasteiger partial charge on any atom is 0.265 e. The Morgan fingerprint density at radius 2 is 1.67 bits per heavy atom. The summed E-state index contributed by atoms with van der Waals surface area (Å²) in [7, 11) is -2.22. The first kappa shape index (κ1) is 16.3. The van der Waals surface area contributed by atoms with Gasteiger partial charge in [-0.3, -0.25) is 4.31 Å². The quantitative estimate of drug-likeness (QED) is 0.613. The highest BCUT2D eigenvalue weighted by molar-refractivity contribution is 8.23. The van der Waals surface area contributed by atoms with Crippen molar-refractivity contribution in [3.8, 4) is 0 Å². The molecule has 0 N–H and O–H groups in total. The van der Waals surface area contributed by atoms with E-state index in [2.05, 4.69) is 0 Å². The first-order valence-corrected chi connectivity index (χ1v) is 8.97. The third kappa shape index (κ3) is 3.97. The number of halogens is 1. The van der Waals surface area contributed by atoms with Gasteiger partial charge in [0, 0.05) is 17.0 Å². The summed E-state index contributed by atoms with van der Waals surface area (Å²) >= 11 is 12.2. The number of benzene rings is 2. The normalized spacial score (nSPS) is 11.1. The molecule has 0 atom stereocenters. The summed E-state index contributed by atoms with van der Waals surface area (Å²) in [4.78, 5) is 1.05. The Bertz CT molecular complexity index is 731. The molecule has 0 aromatic heterocycles. The van der Waals surface area contributed by atoms with Gasteiger partial charge < -0.3 is 0 Å². The van der Waals surface area contributed by atoms with Crippen LogP contribution in [0.1, 0.15) is 0 Å². The van der Waals surface area contributed by atoms with Gasteiger partial charge in [0.15, 0.2) is 4.32 Å². The fourth-order valence-corrected chi connectivity index (χ4v) is 4.25. The first-order chi connectivity index (χ1) is 9.91. The second-order valence-corrected chi connectivity index (χ2v) is 8.22. The molecule has 0 aliphatic carbocycles. The maximum absolute atomic E-state index is 12.5. The minimum atomic E-state index is -3.66. The number of thioether (sulfide) groups is 1. The number of rotatable bonds is 3. The van der Waals surface area contributed by atoms with Crippen molar-refractivity contribution in [1.29, 1.82) is 0 Å². The molecular formula is C14H12ClNO2S3. The predicted octanol–water partition coefficient (Wildman–Crippen LogP) is 4.04. The van der Waals surface area contributed by atoms with Crippen LogP contribution in [0.15, 0.2) is 64.4 Å². The molecule has 2 rings (SSSR count). The van der Waals surface area contributed by atoms with E-state index >= 15 is 0 Å². The summed E-state index contributed by atoms with van der Waals surface area (Å²) in [6, 6.07) is 15.4. The fourth-order valence-electron chi connectivity index (χ4n) is 1.52. The van der Waals surface area contributed by atoms with E-state index in [9.17, 15) is 8.42 Å². The standard InChI is InChI=1S/C14H12ClNO2S3/c1-16(14(19)20-12-5-3-2-4-6-12)21(17,18)13-9-7-11(15)8-10-13/h2-10H,1H3. The molecule has 0 saturated carbocycles. The zero-order valence-electron chi connectivity index (χ0n) is 11.1. The smallest absolute Gasteiger partial charge is 0.254 e. The lowest BCUT2D eigenvalue weighted by molar-refractivity contribution is 0.556. The summed E-state index contributed by atoms with van der Waals surface area (Å²) in [5, 5.41) is 0.484. The highest BCUT2D eigenvalue weighted by Crippen LogP contribution is 2.25. The Labute approximate surface area is 139 Å². The minimum Gasteiger partial charge on any atom is -0.254 e. The minimum absolute atomic E-state index is 0.158. The zero-order valence-corrected chi connectivity index (χ0v) is 14.3. The Hall–Kier alpha value is -1.08. The Morgan fingerprint density at radius 3 is 2.24 bits per heavy atom. The van der Waals surface area contributed by atoms with Gasteiger partial charge in [-0.05, 0) is 36.4 Å². The lowest BCUT2D eigenvalue weighted by atomic mass is 10.4. The van der Waals surface area contributed by atoms with Crippen LogP contribution in [0, 0.1) is 0 Å². The molecule has 0 fully saturated rings. The SMILES string of the molecule is CN(C(=S)Sc1ccccc1)S(=O)(=O)c1ccc(Cl)cc1. The van der Waals surface area contributed by atoms with Crippen LogP contribution in [0.25, 0.3) is 0 Å². The summed E-state index contributed by atoms with van der Waals surface area (Å²) in [6.07, 6.45) is 0. The van der Waals surface area contributed by atoms with Gasteiger partial charge in [-0.2, -0.15) is 0 Å². The van der Waals surface area contributed by atoms with Crippen LogP contribution < -0.4 is 0 Å². The van der Waals surface area contributed by atoms with Crippen molar-refractivity contribution in [1.82, 2.24) is 4.31 Å². The van der Waals surface area contributed by atoms with Gasteiger partial charge in [-0.15, -0.1) is 0 Å². The van der Waals surface area contributed by atoms with Crippen LogP contribution in [0.3, 0.4) is 0 Å². The number of sulfonamides is 1. The van der Waals surface area contributed by atoms with Crippen molar-refractivity contribution >= 4 is 49.9 Å². The van der Waals surface area contributed by atoms with Gasteiger partial charge in [0.2, 0.25) is 0 Å². The van der Waals surface area contributed by atoms with E-state index in [-0.39, 0.29) is 9.22 Å². The number of hydrogen-bond acceptors (Lipinski definition) is 4. The van der Waals surface area contributed by atoms with Crippen molar-refractivity contribution in [2.75, 3.05) is 7.05 Å². The van der Waals surface area contributed by atoms with Crippen molar-refractivity contribution in [2.24, 2.45) is 0 Å². The number of hydrogen-bond donors (Lipinski definition) is 0. The Kier molecular flexibility index (Phi) is 5.27. The molecule has 0 saturated heterocycles. The molecule has 0 spiro atoms. The van der Waals surface area contributed by atoms with E-state index < -0.39 is 10.0 Å². The number of thiocarbonyl (C=S) groups is 1. The molecule has 2 aromatic rings. The molecule has 0 radical (unpaired) electrons. The van der Waals surface area contributed by atoms with E-state index in [4.69, 9.17) is 23.8 Å². The van der Waals surface area contributed by atoms with Crippen molar-refractivity contribution in [3.63, 3.8) is 0 Å². The van der Waals surface area contributed by atoms with E-state index in [0.29, 0.717) is 5.02 Å². The molecule has 0 amide bonds. The number of nitrogens with zero attached hydrogens (tertiary/aromatic N) is 1. The van der Waals surface area contributed by atoms with E-state index in [1.54, 1.807) is 0 Å². The average Bonchev–Trinajstić information content (AvgIpc) is 2.48. The van der Waals surface area contributed by atoms with E-state index in [0.717, 1.165) is 9.20 Å². The lowest BCUT2D eigenvalue weighted by Crippen LogP contribution is -2.30. The topological polar surface area (TPSA) is 37.4 Å². The van der Waals surface area contributed by atoms with Gasteiger partial charge in [-0.1, -0.05) is 53.8 Å². The van der Waals surface area contributed by atoms with Crippen LogP contribution in [0.4, 0.5) is 0 Å². The second-order valence-electron chi connectivity index (χ2n) is 4.11. The molecule has 0 heterocycles. The maximum atomic E-state index is 12.5. The van der Waals surface area contributed by atoms with Crippen LogP contribution in [0.2, 0.25) is 5.02 Å². The summed E-state index contributed by atoms with van der Waals surface area (Å²) < 4.78 is 26.3. The highest BCUT2D eigenvalue weighted by atomic mass is 35.5. The summed E-state index contributed by atoms with van der Waals surface area (Å²) in [6.45, 7) is 0. The highest BCUT2D eigenvalue weighted by Gasteiger charge is 2.23. The zero-order chi connectivity index (χ0) is 15.5. The molecule has 0 aliphatic heterocycles. The average molecular weight is 358 g/mol. The van der Waals surface area contributed by atoms with Crippen LogP contribution in [0.5, 0.6) is 0 Å². The van der Waals surface area contributed by atoms with Gasteiger partial charge in [-0.25, -0.2) is 8.42 Å². The van der Waals surface area contributed by atoms with Gasteiger partial charge >= 0.3 is 0 Å². The summed E-state index contributed by atoms with van der Waals surface area (Å²) in [5.74, 6) is 0. The van der Waals surface area contributed by atoms with Crippen LogP contribution in [-0.2, 0) is 10.0 Å². The van der Waals surface area contributed by atoms with Crippen molar-refractivity contribution in [3.05, 3.63) is 59.6 Å². The van der Waals surface area contributed by atoms with Gasteiger partial charge in [0.25, 0.3) is 10.0 Å². The predicted molar refractivity (Wildman–Crippen MR) is 91.3 cm³/mol. The first-order valence-electron chi connectivity index (χ1n) is 5.92. The second kappa shape index (κ2) is 6.79. The van der Waals surface area contributed by atoms with Gasteiger partial charge in [0.1, 0.15) is 0 Å². The summed E-state index contributed by atoms with van der Waals surface area (Å²) in [5.41, 5.74) is 0. The van der Waals surface area contributed by atoms with Crippen molar-refractivity contribution < 1.29 is 8.42 Å². The Balaban J connectivity index is 2.20. The lowest BCUT2D eigenvalue weighted by Gasteiger charge is -2.19. The monoisotopic (exact) mass is 357 g/mol. The molecule has 7 heteroatoms. The third-order valence-corrected chi connectivity index (χ3v) is 6.41. The molecule has 0 bridgehead atoms. The molecule has 0 aliphatic rings. The van der Waals surface area contributed by atoms with Crippen LogP contribution >= 0.6 is 35.6 Å². The Morgan fingerprint density at radius 1 is 1.10 bits per heavy atom. The molecule has 110 valence electrons. The third-order valence-electron chi connectivity index (χ3n) is 2.68. The largest absolute Gasteiger partial charge is 0.265 e. The molecule has 21 heavy (non-hydrogen) atoms.